The Hall–Kier alpha value is -3.90. The van der Waals surface area contributed by atoms with Gasteiger partial charge in [0.1, 0.15) is 17.7 Å². The number of amidine groups is 1. The first-order valence-electron chi connectivity index (χ1n) is 12.0. The first-order chi connectivity index (χ1) is 17.8. The van der Waals surface area contributed by atoms with Gasteiger partial charge < -0.3 is 19.9 Å². The van der Waals surface area contributed by atoms with E-state index >= 15 is 0 Å². The van der Waals surface area contributed by atoms with Gasteiger partial charge in [0.2, 0.25) is 5.88 Å². The third-order valence-electron chi connectivity index (χ3n) is 6.38. The smallest absolute Gasteiger partial charge is 0.326 e. The highest BCUT2D eigenvalue weighted by Crippen LogP contribution is 2.22. The van der Waals surface area contributed by atoms with Gasteiger partial charge in [0.05, 0.1) is 11.9 Å². The Labute approximate surface area is 217 Å². The van der Waals surface area contributed by atoms with Gasteiger partial charge in [0.15, 0.2) is 5.49 Å². The number of carbonyl (C=O) groups is 1. The van der Waals surface area contributed by atoms with Crippen molar-refractivity contribution < 1.29 is 9.90 Å². The molecule has 13 heteroatoms. The highest BCUT2D eigenvalue weighted by Gasteiger charge is 2.28. The van der Waals surface area contributed by atoms with Crippen LogP contribution in [0.15, 0.2) is 45.2 Å². The zero-order valence-electron chi connectivity index (χ0n) is 20.5. The second-order valence-corrected chi connectivity index (χ2v) is 9.73. The van der Waals surface area contributed by atoms with Crippen LogP contribution in [-0.2, 0) is 0 Å². The van der Waals surface area contributed by atoms with Crippen LogP contribution in [0, 0.1) is 0 Å². The number of H-pyrrole nitrogens is 2. The highest BCUT2D eigenvalue weighted by molar-refractivity contribution is 6.30. The van der Waals surface area contributed by atoms with Gasteiger partial charge in [-0.2, -0.15) is 5.10 Å². The second-order valence-electron chi connectivity index (χ2n) is 9.30. The molecule has 0 saturated carbocycles. The van der Waals surface area contributed by atoms with Gasteiger partial charge in [-0.3, -0.25) is 10.3 Å². The highest BCUT2D eigenvalue weighted by atomic mass is 35.5. The fourth-order valence-corrected chi connectivity index (χ4v) is 4.76. The number of piperidine rings is 1. The van der Waals surface area contributed by atoms with Crippen molar-refractivity contribution >= 4 is 35.2 Å². The average molecular weight is 526 g/mol. The molecule has 5 rings (SSSR count). The van der Waals surface area contributed by atoms with Crippen LogP contribution < -0.4 is 21.7 Å². The van der Waals surface area contributed by atoms with E-state index in [1.165, 1.54) is 0 Å². The SMILES string of the molecule is CN(C)C(=O)N1CCC(NC2CC(=Nc3cccc(Cl)c3)N=c3c(=Cc4[nH]c(=O)[nH]c4O)cnn32)CC1. The molecule has 1 atom stereocenters. The molecule has 3 aromatic rings. The number of rotatable bonds is 4. The van der Waals surface area contributed by atoms with Crippen LogP contribution in [0.25, 0.3) is 6.08 Å². The van der Waals surface area contributed by atoms with Crippen molar-refractivity contribution in [1.82, 2.24) is 34.9 Å². The van der Waals surface area contributed by atoms with E-state index in [0.29, 0.717) is 46.8 Å². The fourth-order valence-electron chi connectivity index (χ4n) is 4.58. The number of carbonyl (C=O) groups excluding carboxylic acids is 1. The molecule has 0 aliphatic carbocycles. The molecule has 37 heavy (non-hydrogen) atoms. The lowest BCUT2D eigenvalue weighted by molar-refractivity contribution is 0.147. The Morgan fingerprint density at radius 1 is 1.30 bits per heavy atom. The Bertz CT molecular complexity index is 1510. The molecule has 1 saturated heterocycles. The summed E-state index contributed by atoms with van der Waals surface area (Å²) in [6.45, 7) is 1.33. The number of urea groups is 1. The van der Waals surface area contributed by atoms with E-state index in [0.717, 1.165) is 12.8 Å². The molecular weight excluding hydrogens is 498 g/mol. The van der Waals surface area contributed by atoms with Crippen molar-refractivity contribution in [2.75, 3.05) is 27.2 Å². The summed E-state index contributed by atoms with van der Waals surface area (Å²) < 4.78 is 1.79. The van der Waals surface area contributed by atoms with Gasteiger partial charge >= 0.3 is 11.7 Å². The van der Waals surface area contributed by atoms with E-state index in [9.17, 15) is 14.7 Å². The largest absolute Gasteiger partial charge is 0.493 e. The van der Waals surface area contributed by atoms with Gasteiger partial charge in [0, 0.05) is 49.9 Å². The minimum Gasteiger partial charge on any atom is -0.493 e. The molecule has 4 heterocycles. The zero-order valence-corrected chi connectivity index (χ0v) is 21.2. The summed E-state index contributed by atoms with van der Waals surface area (Å²) in [5, 5.41) is 19.4. The predicted molar refractivity (Wildman–Crippen MR) is 139 cm³/mol. The van der Waals surface area contributed by atoms with E-state index in [2.05, 4.69) is 20.4 Å². The summed E-state index contributed by atoms with van der Waals surface area (Å²) in [5.41, 5.74) is 0.957. The molecule has 0 spiro atoms. The summed E-state index contributed by atoms with van der Waals surface area (Å²) in [7, 11) is 3.52. The monoisotopic (exact) mass is 525 g/mol. The van der Waals surface area contributed by atoms with Crippen molar-refractivity contribution in [2.24, 2.45) is 9.98 Å². The average Bonchev–Trinajstić information content (AvgIpc) is 3.41. The van der Waals surface area contributed by atoms with E-state index in [1.807, 2.05) is 17.0 Å². The molecule has 1 unspecified atom stereocenters. The summed E-state index contributed by atoms with van der Waals surface area (Å²) in [6, 6.07) is 7.44. The van der Waals surface area contributed by atoms with Gasteiger partial charge in [0.25, 0.3) is 0 Å². The van der Waals surface area contributed by atoms with Gasteiger partial charge in [-0.25, -0.2) is 24.3 Å². The van der Waals surface area contributed by atoms with E-state index < -0.39 is 5.69 Å². The summed E-state index contributed by atoms with van der Waals surface area (Å²) in [5.74, 6) is 0.330. The number of fused-ring (bicyclic) bond motifs is 1. The number of aromatic amines is 2. The third kappa shape index (κ3) is 5.44. The second kappa shape index (κ2) is 10.2. The number of hydrogen-bond acceptors (Lipinski definition) is 6. The van der Waals surface area contributed by atoms with Crippen LogP contribution in [0.2, 0.25) is 5.02 Å². The maximum Gasteiger partial charge on any atom is 0.326 e. The zero-order chi connectivity index (χ0) is 26.1. The standard InChI is InChI=1S/C24H28ClN9O3/c1-32(2)24(37)33-8-6-16(7-9-33)28-20-12-19(27-17-5-3-4-15(25)11-17)30-21-14(13-26-34(20)21)10-18-22(35)31-23(36)29-18/h3-5,10-11,13,16,20,28,35H,6-9,12H2,1-2H3,(H2,29,31,36). The fraction of sp³-hybridized carbons (Fsp3) is 0.375. The number of halogens is 1. The van der Waals surface area contributed by atoms with Crippen LogP contribution in [0.5, 0.6) is 5.88 Å². The first kappa shape index (κ1) is 24.8. The van der Waals surface area contributed by atoms with E-state index in [1.54, 1.807) is 48.1 Å². The van der Waals surface area contributed by atoms with Crippen molar-refractivity contribution in [3.05, 3.63) is 62.4 Å². The van der Waals surface area contributed by atoms with Crippen molar-refractivity contribution in [3.63, 3.8) is 0 Å². The van der Waals surface area contributed by atoms with Gasteiger partial charge in [-0.1, -0.05) is 17.7 Å². The lowest BCUT2D eigenvalue weighted by Gasteiger charge is -2.36. The minimum atomic E-state index is -0.511. The van der Waals surface area contributed by atoms with E-state index in [-0.39, 0.29) is 29.8 Å². The number of aromatic hydroxyl groups is 1. The molecule has 2 aliphatic heterocycles. The van der Waals surface area contributed by atoms with Crippen LogP contribution >= 0.6 is 11.6 Å². The normalized spacial score (nSPS) is 19.6. The Morgan fingerprint density at radius 3 is 2.76 bits per heavy atom. The van der Waals surface area contributed by atoms with Gasteiger partial charge in [-0.05, 0) is 37.1 Å². The maximum atomic E-state index is 12.3. The Morgan fingerprint density at radius 2 is 2.08 bits per heavy atom. The molecule has 1 fully saturated rings. The maximum absolute atomic E-state index is 12.3. The molecule has 12 nitrogen and oxygen atoms in total. The molecule has 2 amide bonds. The summed E-state index contributed by atoms with van der Waals surface area (Å²) in [6.07, 6.45) is 5.13. The summed E-state index contributed by atoms with van der Waals surface area (Å²) in [4.78, 5) is 41.7. The lowest BCUT2D eigenvalue weighted by Crippen LogP contribution is -2.51. The predicted octanol–water partition coefficient (Wildman–Crippen LogP) is 1.08. The molecule has 0 bridgehead atoms. The van der Waals surface area contributed by atoms with Crippen LogP contribution in [0.3, 0.4) is 0 Å². The molecule has 2 aromatic heterocycles. The molecule has 4 N–H and O–H groups in total. The van der Waals surface area contributed by atoms with Crippen molar-refractivity contribution in [1.29, 1.82) is 0 Å². The Kier molecular flexibility index (Phi) is 6.85. The Balaban J connectivity index is 1.47. The van der Waals surface area contributed by atoms with Crippen LogP contribution in [-0.4, -0.2) is 79.7 Å². The summed E-state index contributed by atoms with van der Waals surface area (Å²) >= 11 is 6.15. The molecule has 1 aromatic carbocycles. The number of aromatic nitrogens is 4. The van der Waals surface area contributed by atoms with Crippen LogP contribution in [0.1, 0.15) is 31.1 Å². The number of likely N-dealkylation sites (tertiary alicyclic amines) is 1. The molecular formula is C24H28ClN9O3. The lowest BCUT2D eigenvalue weighted by atomic mass is 10.0. The molecule has 194 valence electrons. The van der Waals surface area contributed by atoms with Gasteiger partial charge in [-0.15, -0.1) is 0 Å². The minimum absolute atomic E-state index is 0.0199. The van der Waals surface area contributed by atoms with E-state index in [4.69, 9.17) is 21.6 Å². The number of nitrogens with one attached hydrogen (secondary N) is 3. The topological polar surface area (TPSA) is 147 Å². The first-order valence-corrected chi connectivity index (χ1v) is 12.4. The number of aliphatic imine (C=N–C) groups is 1. The molecule has 2 aliphatic rings. The van der Waals surface area contributed by atoms with Crippen LogP contribution in [0.4, 0.5) is 10.5 Å². The van der Waals surface area contributed by atoms with Crippen molar-refractivity contribution in [2.45, 2.75) is 31.5 Å². The number of imidazole rings is 1. The number of benzene rings is 1. The number of nitrogens with zero attached hydrogens (tertiary/aromatic N) is 6. The quantitative estimate of drug-likeness (QED) is 0.402. The molecule has 0 radical (unpaired) electrons. The third-order valence-corrected chi connectivity index (χ3v) is 6.62. The van der Waals surface area contributed by atoms with Crippen molar-refractivity contribution in [3.8, 4) is 5.88 Å². The number of amides is 2. The number of hydrogen-bond donors (Lipinski definition) is 4.